The van der Waals surface area contributed by atoms with E-state index >= 15 is 0 Å². The van der Waals surface area contributed by atoms with Gasteiger partial charge in [0.1, 0.15) is 0 Å². The van der Waals surface area contributed by atoms with E-state index in [2.05, 4.69) is 18.7 Å². The zero-order chi connectivity index (χ0) is 11.6. The lowest BCUT2D eigenvalue weighted by Crippen LogP contribution is -2.57. The molecule has 0 saturated carbocycles. The molecular formula is C13H26N2O. The van der Waals surface area contributed by atoms with Gasteiger partial charge in [-0.05, 0) is 38.1 Å². The lowest BCUT2D eigenvalue weighted by molar-refractivity contribution is -0.0664. The average Bonchev–Trinajstić information content (AvgIpc) is 2.76. The normalized spacial score (nSPS) is 41.4. The van der Waals surface area contributed by atoms with Crippen molar-refractivity contribution in [3.05, 3.63) is 0 Å². The van der Waals surface area contributed by atoms with Crippen molar-refractivity contribution >= 4 is 0 Å². The monoisotopic (exact) mass is 226 g/mol. The first-order valence-corrected chi connectivity index (χ1v) is 6.77. The summed E-state index contributed by atoms with van der Waals surface area (Å²) in [4.78, 5) is 2.64. The van der Waals surface area contributed by atoms with Gasteiger partial charge in [0.05, 0.1) is 6.10 Å². The van der Waals surface area contributed by atoms with Crippen LogP contribution in [-0.4, -0.2) is 42.8 Å². The van der Waals surface area contributed by atoms with Gasteiger partial charge >= 0.3 is 0 Å². The molecule has 3 heteroatoms. The summed E-state index contributed by atoms with van der Waals surface area (Å²) in [5, 5.41) is 0. The van der Waals surface area contributed by atoms with Gasteiger partial charge in [-0.3, -0.25) is 4.90 Å². The largest absolute Gasteiger partial charge is 0.378 e. The summed E-state index contributed by atoms with van der Waals surface area (Å²) >= 11 is 0. The lowest BCUT2D eigenvalue weighted by Gasteiger charge is -2.46. The number of hydrogen-bond acceptors (Lipinski definition) is 3. The standard InChI is InChI=1S/C13H26N2O/c1-3-12-8-13(10-14,5-7-16-12)15-6-4-11(2)9-15/h11-12H,3-10,14H2,1-2H3. The van der Waals surface area contributed by atoms with Gasteiger partial charge < -0.3 is 10.5 Å². The molecule has 2 fully saturated rings. The van der Waals surface area contributed by atoms with E-state index in [1.54, 1.807) is 0 Å². The third-order valence-electron chi connectivity index (χ3n) is 4.46. The highest BCUT2D eigenvalue weighted by molar-refractivity contribution is 4.98. The average molecular weight is 226 g/mol. The molecule has 2 N–H and O–H groups in total. The molecule has 3 atom stereocenters. The first-order valence-electron chi connectivity index (χ1n) is 6.77. The van der Waals surface area contributed by atoms with Crippen LogP contribution in [0.15, 0.2) is 0 Å². The third-order valence-corrected chi connectivity index (χ3v) is 4.46. The summed E-state index contributed by atoms with van der Waals surface area (Å²) in [7, 11) is 0. The molecule has 3 nitrogen and oxygen atoms in total. The molecule has 0 aromatic carbocycles. The van der Waals surface area contributed by atoms with E-state index in [-0.39, 0.29) is 5.54 Å². The van der Waals surface area contributed by atoms with E-state index in [9.17, 15) is 0 Å². The maximum Gasteiger partial charge on any atom is 0.0590 e. The summed E-state index contributed by atoms with van der Waals surface area (Å²) in [5.41, 5.74) is 6.32. The van der Waals surface area contributed by atoms with Crippen LogP contribution >= 0.6 is 0 Å². The summed E-state index contributed by atoms with van der Waals surface area (Å²) in [6.07, 6.45) is 5.12. The Kier molecular flexibility index (Phi) is 3.88. The predicted molar refractivity (Wildman–Crippen MR) is 66.4 cm³/mol. The van der Waals surface area contributed by atoms with Crippen molar-refractivity contribution in [2.45, 2.75) is 51.2 Å². The highest BCUT2D eigenvalue weighted by atomic mass is 16.5. The highest BCUT2D eigenvalue weighted by Crippen LogP contribution is 2.35. The number of nitrogens with two attached hydrogens (primary N) is 1. The summed E-state index contributed by atoms with van der Waals surface area (Å²) < 4.78 is 5.79. The molecule has 0 amide bonds. The lowest BCUT2D eigenvalue weighted by atomic mass is 9.84. The van der Waals surface area contributed by atoms with Crippen molar-refractivity contribution < 1.29 is 4.74 Å². The maximum atomic E-state index is 6.08. The number of nitrogens with zero attached hydrogens (tertiary/aromatic N) is 1. The fraction of sp³-hybridized carbons (Fsp3) is 1.00. The zero-order valence-corrected chi connectivity index (χ0v) is 10.7. The van der Waals surface area contributed by atoms with Crippen LogP contribution < -0.4 is 5.73 Å². The molecule has 2 aliphatic heterocycles. The first-order chi connectivity index (χ1) is 7.70. The van der Waals surface area contributed by atoms with Crippen LogP contribution in [0.3, 0.4) is 0 Å². The van der Waals surface area contributed by atoms with E-state index in [1.807, 2.05) is 0 Å². The molecule has 94 valence electrons. The third kappa shape index (κ3) is 2.27. The molecule has 3 unspecified atom stereocenters. The van der Waals surface area contributed by atoms with Crippen molar-refractivity contribution in [1.82, 2.24) is 4.90 Å². The predicted octanol–water partition coefficient (Wildman–Crippen LogP) is 1.61. The Morgan fingerprint density at radius 2 is 2.31 bits per heavy atom. The molecule has 0 aliphatic carbocycles. The van der Waals surface area contributed by atoms with Gasteiger partial charge in [-0.15, -0.1) is 0 Å². The SMILES string of the molecule is CCC1CC(CN)(N2CCC(C)C2)CCO1. The minimum Gasteiger partial charge on any atom is -0.378 e. The molecule has 0 spiro atoms. The quantitative estimate of drug-likeness (QED) is 0.794. The molecule has 0 bridgehead atoms. The number of hydrogen-bond donors (Lipinski definition) is 1. The molecule has 16 heavy (non-hydrogen) atoms. The summed E-state index contributed by atoms with van der Waals surface area (Å²) in [6, 6.07) is 0. The second kappa shape index (κ2) is 5.03. The van der Waals surface area contributed by atoms with Crippen molar-refractivity contribution in [2.75, 3.05) is 26.2 Å². The Hall–Kier alpha value is -0.120. The highest BCUT2D eigenvalue weighted by Gasteiger charge is 2.42. The minimum atomic E-state index is 0.240. The Balaban J connectivity index is 2.05. The maximum absolute atomic E-state index is 6.08. The van der Waals surface area contributed by atoms with Crippen molar-refractivity contribution in [1.29, 1.82) is 0 Å². The second-order valence-corrected chi connectivity index (χ2v) is 5.62. The summed E-state index contributed by atoms with van der Waals surface area (Å²) in [5.74, 6) is 0.839. The van der Waals surface area contributed by atoms with Gasteiger partial charge in [0.15, 0.2) is 0 Å². The fourth-order valence-electron chi connectivity index (χ4n) is 3.23. The molecule has 2 heterocycles. The molecule has 2 rings (SSSR count). The number of likely N-dealkylation sites (tertiary alicyclic amines) is 1. The molecule has 0 radical (unpaired) electrons. The van der Waals surface area contributed by atoms with E-state index in [0.29, 0.717) is 6.10 Å². The van der Waals surface area contributed by atoms with E-state index < -0.39 is 0 Å². The molecule has 0 aromatic rings. The number of ether oxygens (including phenoxy) is 1. The fourth-order valence-corrected chi connectivity index (χ4v) is 3.23. The topological polar surface area (TPSA) is 38.5 Å². The van der Waals surface area contributed by atoms with Crippen LogP contribution in [0.1, 0.15) is 39.5 Å². The Labute approximate surface area is 99.3 Å². The Bertz CT molecular complexity index is 234. The molecule has 2 aliphatic rings. The van der Waals surface area contributed by atoms with Crippen LogP contribution in [0.4, 0.5) is 0 Å². The molecular weight excluding hydrogens is 200 g/mol. The number of rotatable bonds is 3. The van der Waals surface area contributed by atoms with Crippen LogP contribution in [-0.2, 0) is 4.74 Å². The van der Waals surface area contributed by atoms with Crippen LogP contribution in [0.5, 0.6) is 0 Å². The van der Waals surface area contributed by atoms with Crippen molar-refractivity contribution in [3.63, 3.8) is 0 Å². The smallest absolute Gasteiger partial charge is 0.0590 e. The molecule has 2 saturated heterocycles. The van der Waals surface area contributed by atoms with Gasteiger partial charge in [0, 0.05) is 25.2 Å². The molecule has 0 aromatic heterocycles. The van der Waals surface area contributed by atoms with Gasteiger partial charge in [-0.2, -0.15) is 0 Å². The Morgan fingerprint density at radius 3 is 2.88 bits per heavy atom. The van der Waals surface area contributed by atoms with Crippen LogP contribution in [0.25, 0.3) is 0 Å². The van der Waals surface area contributed by atoms with E-state index in [1.165, 1.54) is 19.5 Å². The van der Waals surface area contributed by atoms with E-state index in [4.69, 9.17) is 10.5 Å². The first kappa shape index (κ1) is 12.3. The zero-order valence-electron chi connectivity index (χ0n) is 10.7. The second-order valence-electron chi connectivity index (χ2n) is 5.62. The van der Waals surface area contributed by atoms with Gasteiger partial charge in [-0.1, -0.05) is 13.8 Å². The van der Waals surface area contributed by atoms with Crippen LogP contribution in [0, 0.1) is 5.92 Å². The van der Waals surface area contributed by atoms with E-state index in [0.717, 1.165) is 38.3 Å². The Morgan fingerprint density at radius 1 is 1.50 bits per heavy atom. The minimum absolute atomic E-state index is 0.240. The summed E-state index contributed by atoms with van der Waals surface area (Å²) in [6.45, 7) is 8.70. The van der Waals surface area contributed by atoms with Gasteiger partial charge in [-0.25, -0.2) is 0 Å². The van der Waals surface area contributed by atoms with Gasteiger partial charge in [0.2, 0.25) is 0 Å². The van der Waals surface area contributed by atoms with Crippen molar-refractivity contribution in [3.8, 4) is 0 Å². The van der Waals surface area contributed by atoms with Crippen molar-refractivity contribution in [2.24, 2.45) is 11.7 Å². The van der Waals surface area contributed by atoms with Crippen LogP contribution in [0.2, 0.25) is 0 Å². The van der Waals surface area contributed by atoms with Gasteiger partial charge in [0.25, 0.3) is 0 Å².